The lowest BCUT2D eigenvalue weighted by Crippen LogP contribution is -2.31. The van der Waals surface area contributed by atoms with Crippen LogP contribution in [0.4, 0.5) is 0 Å². The van der Waals surface area contributed by atoms with Gasteiger partial charge < -0.3 is 9.47 Å². The summed E-state index contributed by atoms with van der Waals surface area (Å²) < 4.78 is 9.94. The molecule has 0 N–H and O–H groups in total. The highest BCUT2D eigenvalue weighted by Gasteiger charge is 2.22. The fourth-order valence-electron chi connectivity index (χ4n) is 1.30. The molecule has 3 radical (unpaired) electrons. The minimum absolute atomic E-state index is 0. The first-order valence-electron chi connectivity index (χ1n) is 5.87. The lowest BCUT2D eigenvalue weighted by molar-refractivity contribution is -0.163. The van der Waals surface area contributed by atoms with Crippen molar-refractivity contribution in [2.24, 2.45) is 0 Å². The van der Waals surface area contributed by atoms with Gasteiger partial charge in [0.1, 0.15) is 0 Å². The molecule has 0 bridgehead atoms. The zero-order valence-electron chi connectivity index (χ0n) is 11.5. The highest BCUT2D eigenvalue weighted by Crippen LogP contribution is 2.10. The number of ether oxygens (including phenoxy) is 2. The number of carbonyl (C=O) groups excluding carboxylic acids is 2. The van der Waals surface area contributed by atoms with E-state index < -0.39 is 18.2 Å². The van der Waals surface area contributed by atoms with Crippen LogP contribution in [0.1, 0.15) is 39.5 Å². The van der Waals surface area contributed by atoms with E-state index in [1.165, 1.54) is 14.0 Å². The largest absolute Gasteiger partial charge is 0.452 e. The van der Waals surface area contributed by atoms with Crippen LogP contribution in [0.2, 0.25) is 0 Å². The summed E-state index contributed by atoms with van der Waals surface area (Å²) in [5, 5.41) is 0. The Morgan fingerprint density at radius 1 is 1.33 bits per heavy atom. The van der Waals surface area contributed by atoms with E-state index >= 15 is 0 Å². The average molecular weight is 253 g/mol. The average Bonchev–Trinajstić information content (AvgIpc) is 2.31. The van der Waals surface area contributed by atoms with Gasteiger partial charge in [-0.05, 0) is 39.5 Å². The van der Waals surface area contributed by atoms with Crippen LogP contribution >= 0.6 is 0 Å². The second-order valence-corrected chi connectivity index (χ2v) is 3.99. The first kappa shape index (κ1) is 19.2. The van der Waals surface area contributed by atoms with E-state index in [0.29, 0.717) is 6.42 Å². The minimum Gasteiger partial charge on any atom is -0.452 e. The Kier molecular flexibility index (Phi) is 11.8. The third-order valence-electron chi connectivity index (χ3n) is 2.52. The van der Waals surface area contributed by atoms with Gasteiger partial charge in [0, 0.05) is 15.5 Å². The number of esters is 1. The van der Waals surface area contributed by atoms with Crippen LogP contribution < -0.4 is 0 Å². The summed E-state index contributed by atoms with van der Waals surface area (Å²) in [5.74, 6) is -0.614. The SMILES string of the molecule is C=CCCCCC(OC(=O)C(C)OC)C(C)=O.[B]. The lowest BCUT2D eigenvalue weighted by atomic mass is 10.1. The molecule has 18 heavy (non-hydrogen) atoms. The number of hydrogen-bond donors (Lipinski definition) is 0. The second-order valence-electron chi connectivity index (χ2n) is 3.99. The van der Waals surface area contributed by atoms with Crippen LogP contribution in [0.5, 0.6) is 0 Å². The molecule has 2 atom stereocenters. The van der Waals surface area contributed by atoms with Crippen molar-refractivity contribution in [3.8, 4) is 0 Å². The third-order valence-corrected chi connectivity index (χ3v) is 2.52. The third kappa shape index (κ3) is 8.06. The zero-order chi connectivity index (χ0) is 13.3. The van der Waals surface area contributed by atoms with Gasteiger partial charge in [0.25, 0.3) is 0 Å². The topological polar surface area (TPSA) is 52.6 Å². The maximum atomic E-state index is 11.5. The number of methoxy groups -OCH3 is 1. The second kappa shape index (κ2) is 11.0. The van der Waals surface area contributed by atoms with E-state index in [1.807, 2.05) is 6.08 Å². The van der Waals surface area contributed by atoms with E-state index in [2.05, 4.69) is 6.58 Å². The zero-order valence-corrected chi connectivity index (χ0v) is 11.5. The predicted molar refractivity (Wildman–Crippen MR) is 71.5 cm³/mol. The number of ketones is 1. The highest BCUT2D eigenvalue weighted by molar-refractivity contribution is 5.84. The Labute approximate surface area is 111 Å². The normalized spacial score (nSPS) is 13.1. The van der Waals surface area contributed by atoms with Crippen molar-refractivity contribution in [3.05, 3.63) is 12.7 Å². The van der Waals surface area contributed by atoms with E-state index in [-0.39, 0.29) is 14.2 Å². The van der Waals surface area contributed by atoms with Crippen molar-refractivity contribution in [3.63, 3.8) is 0 Å². The first-order chi connectivity index (χ1) is 8.02. The van der Waals surface area contributed by atoms with E-state index in [0.717, 1.165) is 19.3 Å². The Bertz CT molecular complexity index is 266. The Morgan fingerprint density at radius 3 is 2.39 bits per heavy atom. The Hall–Kier alpha value is -1.10. The molecule has 0 rings (SSSR count). The lowest BCUT2D eigenvalue weighted by Gasteiger charge is -2.17. The molecule has 0 aromatic rings. The summed E-state index contributed by atoms with van der Waals surface area (Å²) in [4.78, 5) is 22.8. The summed E-state index contributed by atoms with van der Waals surface area (Å²) in [6.07, 6.45) is 3.81. The van der Waals surface area contributed by atoms with Crippen molar-refractivity contribution in [2.75, 3.05) is 7.11 Å². The van der Waals surface area contributed by atoms with Crippen LogP contribution in [-0.4, -0.2) is 39.5 Å². The molecule has 2 unspecified atom stereocenters. The number of carbonyl (C=O) groups is 2. The molecular weight excluding hydrogens is 231 g/mol. The van der Waals surface area contributed by atoms with Crippen LogP contribution in [0.25, 0.3) is 0 Å². The summed E-state index contributed by atoms with van der Waals surface area (Å²) in [7, 11) is 1.43. The van der Waals surface area contributed by atoms with Crippen LogP contribution in [0.15, 0.2) is 12.7 Å². The van der Waals surface area contributed by atoms with Crippen LogP contribution in [0.3, 0.4) is 0 Å². The highest BCUT2D eigenvalue weighted by atomic mass is 16.6. The molecule has 0 heterocycles. The number of Topliss-reactive ketones (excluding diaryl/α,β-unsaturated/α-hetero) is 1. The van der Waals surface area contributed by atoms with E-state index in [1.54, 1.807) is 6.92 Å². The van der Waals surface area contributed by atoms with Gasteiger partial charge in [0.2, 0.25) is 0 Å². The Balaban J connectivity index is 0. The molecule has 0 aromatic carbocycles. The van der Waals surface area contributed by atoms with Crippen LogP contribution in [0, 0.1) is 0 Å². The van der Waals surface area contributed by atoms with Gasteiger partial charge in [-0.25, -0.2) is 4.79 Å². The van der Waals surface area contributed by atoms with Gasteiger partial charge in [0.05, 0.1) is 0 Å². The van der Waals surface area contributed by atoms with Gasteiger partial charge in [-0.2, -0.15) is 0 Å². The number of hydrogen-bond acceptors (Lipinski definition) is 4. The van der Waals surface area contributed by atoms with E-state index in [4.69, 9.17) is 9.47 Å². The molecule has 0 aliphatic carbocycles. The van der Waals surface area contributed by atoms with Crippen molar-refractivity contribution < 1.29 is 19.1 Å². The fourth-order valence-corrected chi connectivity index (χ4v) is 1.30. The number of unbranched alkanes of at least 4 members (excludes halogenated alkanes) is 2. The smallest absolute Gasteiger partial charge is 0.335 e. The molecule has 0 saturated heterocycles. The molecule has 0 spiro atoms. The quantitative estimate of drug-likeness (QED) is 0.272. The van der Waals surface area contributed by atoms with Crippen LogP contribution in [-0.2, 0) is 19.1 Å². The molecule has 0 aliphatic heterocycles. The standard InChI is InChI=1S/C13H22O4.B/c1-5-6-7-8-9-12(10(2)14)17-13(15)11(3)16-4;/h5,11-12H,1,6-9H2,2-4H3;. The van der Waals surface area contributed by atoms with Crippen molar-refractivity contribution in [1.29, 1.82) is 0 Å². The maximum absolute atomic E-state index is 11.5. The number of allylic oxidation sites excluding steroid dienone is 1. The molecule has 4 nitrogen and oxygen atoms in total. The van der Waals surface area contributed by atoms with Gasteiger partial charge in [-0.15, -0.1) is 6.58 Å². The predicted octanol–water partition coefficient (Wildman–Crippen LogP) is 1.89. The van der Waals surface area contributed by atoms with Gasteiger partial charge in [0.15, 0.2) is 18.0 Å². The van der Waals surface area contributed by atoms with Gasteiger partial charge in [-0.1, -0.05) is 6.08 Å². The van der Waals surface area contributed by atoms with Crippen molar-refractivity contribution in [1.82, 2.24) is 0 Å². The van der Waals surface area contributed by atoms with Crippen molar-refractivity contribution in [2.45, 2.75) is 51.7 Å². The Morgan fingerprint density at radius 2 is 1.94 bits per heavy atom. The molecule has 0 saturated carbocycles. The van der Waals surface area contributed by atoms with E-state index in [9.17, 15) is 9.59 Å². The van der Waals surface area contributed by atoms with Gasteiger partial charge >= 0.3 is 5.97 Å². The van der Waals surface area contributed by atoms with Gasteiger partial charge in [-0.3, -0.25) is 4.79 Å². The molecule has 0 fully saturated rings. The summed E-state index contributed by atoms with van der Waals surface area (Å²) in [6, 6.07) is 0. The monoisotopic (exact) mass is 253 g/mol. The summed E-state index contributed by atoms with van der Waals surface area (Å²) in [5.41, 5.74) is 0. The molecule has 0 aromatic heterocycles. The fraction of sp³-hybridized carbons (Fsp3) is 0.692. The summed E-state index contributed by atoms with van der Waals surface area (Å²) >= 11 is 0. The molecule has 5 heteroatoms. The maximum Gasteiger partial charge on any atom is 0.335 e. The molecule has 0 aliphatic rings. The minimum atomic E-state index is -0.648. The first-order valence-corrected chi connectivity index (χ1v) is 5.87. The molecular formula is C13H22BO4. The molecule has 101 valence electrons. The summed E-state index contributed by atoms with van der Waals surface area (Å²) in [6.45, 7) is 6.65. The van der Waals surface area contributed by atoms with Crippen molar-refractivity contribution >= 4 is 20.2 Å². The number of rotatable bonds is 9. The molecule has 0 amide bonds.